The highest BCUT2D eigenvalue weighted by molar-refractivity contribution is 9.11. The van der Waals surface area contributed by atoms with E-state index in [1.54, 1.807) is 11.8 Å². The van der Waals surface area contributed by atoms with Crippen LogP contribution >= 0.6 is 27.3 Å². The number of hydrogen-bond acceptors (Lipinski definition) is 3. The maximum absolute atomic E-state index is 12.1. The van der Waals surface area contributed by atoms with Crippen molar-refractivity contribution in [2.75, 3.05) is 13.1 Å². The van der Waals surface area contributed by atoms with Gasteiger partial charge in [0.15, 0.2) is 0 Å². The molecule has 1 aliphatic rings. The first-order chi connectivity index (χ1) is 8.40. The lowest BCUT2D eigenvalue weighted by Gasteiger charge is -2.40. The lowest BCUT2D eigenvalue weighted by atomic mass is 9.87. The van der Waals surface area contributed by atoms with Gasteiger partial charge in [-0.3, -0.25) is 9.59 Å². The fourth-order valence-corrected chi connectivity index (χ4v) is 3.42. The normalized spacial score (nSPS) is 17.4. The van der Waals surface area contributed by atoms with E-state index < -0.39 is 5.97 Å². The third-order valence-electron chi connectivity index (χ3n) is 3.36. The molecule has 18 heavy (non-hydrogen) atoms. The van der Waals surface area contributed by atoms with Gasteiger partial charge in [-0.05, 0) is 34.5 Å². The lowest BCUT2D eigenvalue weighted by molar-refractivity contribution is -0.144. The lowest BCUT2D eigenvalue weighted by Crippen LogP contribution is -2.53. The molecule has 0 spiro atoms. The van der Waals surface area contributed by atoms with Gasteiger partial charge in [-0.25, -0.2) is 0 Å². The largest absolute Gasteiger partial charge is 0.481 e. The number of carboxylic acid groups (broad SMARTS) is 1. The molecule has 0 aliphatic carbocycles. The van der Waals surface area contributed by atoms with E-state index >= 15 is 0 Å². The molecule has 0 bridgehead atoms. The molecular weight excluding hydrogens is 318 g/mol. The number of nitrogens with zero attached hydrogens (tertiary/aromatic N) is 1. The van der Waals surface area contributed by atoms with Crippen LogP contribution in [0.2, 0.25) is 0 Å². The molecule has 2 heterocycles. The van der Waals surface area contributed by atoms with Crippen LogP contribution in [0.3, 0.4) is 0 Å². The third kappa shape index (κ3) is 2.44. The molecule has 1 amide bonds. The van der Waals surface area contributed by atoms with Crippen molar-refractivity contribution in [3.8, 4) is 0 Å². The molecule has 4 nitrogen and oxygen atoms in total. The van der Waals surface area contributed by atoms with E-state index in [4.69, 9.17) is 5.11 Å². The monoisotopic (exact) mass is 331 g/mol. The molecule has 0 radical (unpaired) electrons. The molecule has 1 unspecified atom stereocenters. The summed E-state index contributed by atoms with van der Waals surface area (Å²) in [5.41, 5.74) is 1.05. The molecule has 1 aromatic rings. The van der Waals surface area contributed by atoms with Gasteiger partial charge >= 0.3 is 5.97 Å². The van der Waals surface area contributed by atoms with Crippen LogP contribution in [0.4, 0.5) is 0 Å². The van der Waals surface area contributed by atoms with Crippen molar-refractivity contribution < 1.29 is 14.7 Å². The number of carboxylic acids is 1. The zero-order valence-corrected chi connectivity index (χ0v) is 12.5. The number of likely N-dealkylation sites (tertiary alicyclic amines) is 1. The summed E-state index contributed by atoms with van der Waals surface area (Å²) in [5, 5.41) is 8.89. The number of hydrogen-bond donors (Lipinski definition) is 1. The summed E-state index contributed by atoms with van der Waals surface area (Å²) in [6.45, 7) is 4.73. The van der Waals surface area contributed by atoms with Crippen LogP contribution in [0.25, 0.3) is 0 Å². The molecule has 6 heteroatoms. The molecule has 1 atom stereocenters. The summed E-state index contributed by atoms with van der Waals surface area (Å²) in [4.78, 5) is 25.3. The van der Waals surface area contributed by atoms with Crippen molar-refractivity contribution in [1.82, 2.24) is 4.90 Å². The van der Waals surface area contributed by atoms with Crippen LogP contribution in [0.1, 0.15) is 22.2 Å². The third-order valence-corrected chi connectivity index (χ3v) is 5.49. The predicted molar refractivity (Wildman–Crippen MR) is 72.9 cm³/mol. The first-order valence-electron chi connectivity index (χ1n) is 5.68. The number of rotatable bonds is 3. The molecule has 1 aliphatic heterocycles. The summed E-state index contributed by atoms with van der Waals surface area (Å²) in [5.74, 6) is -1.09. The Balaban J connectivity index is 1.96. The fourth-order valence-electron chi connectivity index (χ4n) is 1.92. The Morgan fingerprint density at radius 3 is 2.61 bits per heavy atom. The van der Waals surface area contributed by atoms with Gasteiger partial charge in [0.1, 0.15) is 0 Å². The second kappa shape index (κ2) is 5.01. The first kappa shape index (κ1) is 13.5. The molecule has 1 fully saturated rings. The van der Waals surface area contributed by atoms with Gasteiger partial charge in [-0.15, -0.1) is 11.3 Å². The molecule has 0 aromatic carbocycles. The number of aliphatic carboxylic acids is 1. The molecule has 1 aromatic heterocycles. The Kier molecular flexibility index (Phi) is 3.77. The van der Waals surface area contributed by atoms with Crippen molar-refractivity contribution in [3.63, 3.8) is 0 Å². The minimum atomic E-state index is -0.790. The highest BCUT2D eigenvalue weighted by Gasteiger charge is 2.37. The van der Waals surface area contributed by atoms with Gasteiger partial charge in [-0.1, -0.05) is 6.92 Å². The second-order valence-electron chi connectivity index (χ2n) is 4.66. The Bertz CT molecular complexity index is 474. The van der Waals surface area contributed by atoms with Crippen molar-refractivity contribution in [2.45, 2.75) is 13.8 Å². The van der Waals surface area contributed by atoms with E-state index in [1.165, 1.54) is 11.3 Å². The minimum Gasteiger partial charge on any atom is -0.481 e. The first-order valence-corrected chi connectivity index (χ1v) is 7.29. The molecular formula is C12H14BrNO3S. The topological polar surface area (TPSA) is 57.6 Å². The van der Waals surface area contributed by atoms with Gasteiger partial charge in [0.2, 0.25) is 0 Å². The minimum absolute atomic E-state index is 0.00244. The highest BCUT2D eigenvalue weighted by Crippen LogP contribution is 2.31. The smallest absolute Gasteiger partial charge is 0.306 e. The van der Waals surface area contributed by atoms with Crippen LogP contribution in [0.15, 0.2) is 9.85 Å². The number of carbonyl (C=O) groups excluding carboxylic acids is 1. The van der Waals surface area contributed by atoms with Gasteiger partial charge in [-0.2, -0.15) is 0 Å². The average Bonchev–Trinajstić information content (AvgIpc) is 2.56. The fraction of sp³-hybridized carbons (Fsp3) is 0.500. The average molecular weight is 332 g/mol. The van der Waals surface area contributed by atoms with Crippen LogP contribution in [0, 0.1) is 18.8 Å². The Morgan fingerprint density at radius 2 is 2.17 bits per heavy atom. The molecule has 98 valence electrons. The van der Waals surface area contributed by atoms with Gasteiger partial charge < -0.3 is 10.0 Å². The Labute approximate surface area is 118 Å². The molecule has 1 saturated heterocycles. The number of aryl methyl sites for hydroxylation is 1. The van der Waals surface area contributed by atoms with Crippen LogP contribution in [-0.4, -0.2) is 35.0 Å². The van der Waals surface area contributed by atoms with E-state index in [9.17, 15) is 9.59 Å². The van der Waals surface area contributed by atoms with E-state index in [2.05, 4.69) is 15.9 Å². The summed E-state index contributed by atoms with van der Waals surface area (Å²) in [7, 11) is 0. The van der Waals surface area contributed by atoms with Gasteiger partial charge in [0.05, 0.1) is 14.6 Å². The second-order valence-corrected chi connectivity index (χ2v) is 7.03. The zero-order chi connectivity index (χ0) is 13.4. The van der Waals surface area contributed by atoms with Crippen molar-refractivity contribution in [1.29, 1.82) is 0 Å². The summed E-state index contributed by atoms with van der Waals surface area (Å²) in [6.07, 6.45) is 0. The van der Waals surface area contributed by atoms with Crippen molar-refractivity contribution >= 4 is 39.1 Å². The summed E-state index contributed by atoms with van der Waals surface area (Å²) >= 11 is 4.82. The predicted octanol–water partition coefficient (Wildman–Crippen LogP) is 2.61. The van der Waals surface area contributed by atoms with Gasteiger partial charge in [0, 0.05) is 19.0 Å². The maximum Gasteiger partial charge on any atom is 0.306 e. The highest BCUT2D eigenvalue weighted by atomic mass is 79.9. The van der Waals surface area contributed by atoms with Crippen molar-refractivity contribution in [3.05, 3.63) is 20.3 Å². The van der Waals surface area contributed by atoms with E-state index in [0.717, 1.165) is 9.35 Å². The van der Waals surface area contributed by atoms with E-state index in [1.807, 2.05) is 13.0 Å². The number of thiophene rings is 1. The Morgan fingerprint density at radius 1 is 1.56 bits per heavy atom. The van der Waals surface area contributed by atoms with Crippen LogP contribution in [-0.2, 0) is 4.79 Å². The zero-order valence-electron chi connectivity index (χ0n) is 10.1. The van der Waals surface area contributed by atoms with Crippen LogP contribution in [0.5, 0.6) is 0 Å². The number of amides is 1. The SMILES string of the molecule is Cc1cc(C(=O)N2CC(C(C)C(=O)O)C2)sc1Br. The van der Waals surface area contributed by atoms with E-state index in [-0.39, 0.29) is 17.7 Å². The quantitative estimate of drug-likeness (QED) is 0.926. The van der Waals surface area contributed by atoms with Crippen LogP contribution < -0.4 is 0 Å². The molecule has 1 N–H and O–H groups in total. The maximum atomic E-state index is 12.1. The summed E-state index contributed by atoms with van der Waals surface area (Å²) < 4.78 is 0.974. The Hall–Kier alpha value is -0.880. The standard InChI is InChI=1S/C12H14BrNO3S/c1-6-3-9(18-10(6)13)11(15)14-4-8(5-14)7(2)12(16)17/h3,7-8H,4-5H2,1-2H3,(H,16,17). The van der Waals surface area contributed by atoms with Crippen molar-refractivity contribution in [2.24, 2.45) is 11.8 Å². The summed E-state index contributed by atoms with van der Waals surface area (Å²) in [6, 6.07) is 1.87. The number of halogens is 1. The molecule has 0 saturated carbocycles. The molecule has 2 rings (SSSR count). The number of carbonyl (C=O) groups is 2. The van der Waals surface area contributed by atoms with E-state index in [0.29, 0.717) is 18.0 Å². The van der Waals surface area contributed by atoms with Gasteiger partial charge in [0.25, 0.3) is 5.91 Å².